The Morgan fingerprint density at radius 3 is 2.45 bits per heavy atom. The molecule has 1 amide bonds. The van der Waals surface area contributed by atoms with Gasteiger partial charge in [0.25, 0.3) is 0 Å². The Kier molecular flexibility index (Phi) is 6.07. The fraction of sp³-hybridized carbons (Fsp3) is 0.533. The van der Waals surface area contributed by atoms with Crippen molar-refractivity contribution in [1.82, 2.24) is 4.98 Å². The molecule has 110 valence electrons. The summed E-state index contributed by atoms with van der Waals surface area (Å²) >= 11 is 5.17. The molecule has 1 aromatic heterocycles. The van der Waals surface area contributed by atoms with Crippen LogP contribution in [0.1, 0.15) is 45.1 Å². The average Bonchev–Trinajstić information content (AvgIpc) is 2.37. The minimum Gasteiger partial charge on any atom is -0.392 e. The van der Waals surface area contributed by atoms with E-state index in [9.17, 15) is 4.79 Å². The number of amides is 1. The Morgan fingerprint density at radius 1 is 1.40 bits per heavy atom. The second-order valence-corrected chi connectivity index (χ2v) is 5.56. The third-order valence-electron chi connectivity index (χ3n) is 3.42. The largest absolute Gasteiger partial charge is 0.392 e. The number of carbonyl (C=O) groups excluding carboxylic acids is 1. The van der Waals surface area contributed by atoms with E-state index in [1.165, 1.54) is 0 Å². The first-order valence-corrected chi connectivity index (χ1v) is 7.41. The van der Waals surface area contributed by atoms with Crippen LogP contribution >= 0.6 is 12.2 Å². The summed E-state index contributed by atoms with van der Waals surface area (Å²) < 4.78 is 0. The Labute approximate surface area is 126 Å². The lowest BCUT2D eigenvalue weighted by Gasteiger charge is -2.30. The van der Waals surface area contributed by atoms with Crippen molar-refractivity contribution in [3.63, 3.8) is 0 Å². The highest BCUT2D eigenvalue weighted by molar-refractivity contribution is 7.80. The molecule has 0 bridgehead atoms. The predicted octanol–water partition coefficient (Wildman–Crippen LogP) is 3.20. The molecule has 4 nitrogen and oxygen atoms in total. The van der Waals surface area contributed by atoms with Crippen LogP contribution in [-0.4, -0.2) is 15.9 Å². The summed E-state index contributed by atoms with van der Waals surface area (Å²) in [6.45, 7) is 6.01. The molecule has 0 radical (unpaired) electrons. The molecule has 0 aliphatic heterocycles. The van der Waals surface area contributed by atoms with Crippen molar-refractivity contribution in [3.05, 3.63) is 23.9 Å². The number of nitrogens with two attached hydrogens (primary N) is 1. The minimum absolute atomic E-state index is 0.146. The van der Waals surface area contributed by atoms with Gasteiger partial charge in [0.2, 0.25) is 5.91 Å². The number of hydrogen-bond donors (Lipinski definition) is 2. The first kappa shape index (κ1) is 16.6. The number of rotatable bonds is 7. The van der Waals surface area contributed by atoms with Gasteiger partial charge in [0.1, 0.15) is 5.82 Å². The molecule has 5 heteroatoms. The molecule has 0 aliphatic rings. The Hall–Kier alpha value is -1.49. The smallest absolute Gasteiger partial charge is 0.238 e. The Bertz CT molecular complexity index is 482. The molecule has 0 fully saturated rings. The van der Waals surface area contributed by atoms with Gasteiger partial charge in [0.05, 0.1) is 10.4 Å². The number of nitrogens with one attached hydrogen (secondary N) is 1. The third-order valence-corrected chi connectivity index (χ3v) is 3.81. The highest BCUT2D eigenvalue weighted by atomic mass is 32.1. The first-order valence-electron chi connectivity index (χ1n) is 7.00. The van der Waals surface area contributed by atoms with Gasteiger partial charge in [-0.15, -0.1) is 0 Å². The van der Waals surface area contributed by atoms with Gasteiger partial charge in [-0.3, -0.25) is 4.79 Å². The monoisotopic (exact) mass is 293 g/mol. The molecule has 1 aromatic rings. The lowest BCUT2D eigenvalue weighted by atomic mass is 9.78. The Morgan fingerprint density at radius 2 is 2.00 bits per heavy atom. The molecule has 0 unspecified atom stereocenters. The van der Waals surface area contributed by atoms with Gasteiger partial charge in [-0.25, -0.2) is 4.98 Å². The van der Waals surface area contributed by atoms with E-state index in [4.69, 9.17) is 18.0 Å². The van der Waals surface area contributed by atoms with E-state index in [0.717, 1.165) is 18.4 Å². The van der Waals surface area contributed by atoms with Crippen LogP contribution in [0.4, 0.5) is 5.82 Å². The molecule has 1 heterocycles. The van der Waals surface area contributed by atoms with E-state index in [-0.39, 0.29) is 10.9 Å². The van der Waals surface area contributed by atoms with Crippen molar-refractivity contribution in [3.8, 4) is 0 Å². The molecule has 20 heavy (non-hydrogen) atoms. The molecule has 0 saturated carbocycles. The molecular weight excluding hydrogens is 270 g/mol. The average molecular weight is 293 g/mol. The lowest BCUT2D eigenvalue weighted by Crippen LogP contribution is -2.46. The number of thiocarbonyl (C=S) groups is 1. The van der Waals surface area contributed by atoms with Crippen LogP contribution < -0.4 is 11.1 Å². The van der Waals surface area contributed by atoms with E-state index < -0.39 is 5.41 Å². The van der Waals surface area contributed by atoms with E-state index in [1.807, 2.05) is 32.9 Å². The van der Waals surface area contributed by atoms with Crippen LogP contribution in [0.25, 0.3) is 0 Å². The van der Waals surface area contributed by atoms with Gasteiger partial charge >= 0.3 is 0 Å². The van der Waals surface area contributed by atoms with Crippen LogP contribution in [-0.2, 0) is 4.79 Å². The zero-order chi connectivity index (χ0) is 15.2. The van der Waals surface area contributed by atoms with Crippen molar-refractivity contribution in [2.75, 3.05) is 5.32 Å². The number of pyridine rings is 1. The summed E-state index contributed by atoms with van der Waals surface area (Å²) in [5, 5.41) is 2.86. The van der Waals surface area contributed by atoms with E-state index in [1.54, 1.807) is 6.20 Å². The molecule has 0 atom stereocenters. The highest BCUT2D eigenvalue weighted by Gasteiger charge is 2.39. The fourth-order valence-electron chi connectivity index (χ4n) is 2.40. The van der Waals surface area contributed by atoms with Gasteiger partial charge in [-0.2, -0.15) is 0 Å². The van der Waals surface area contributed by atoms with Gasteiger partial charge in [0.15, 0.2) is 0 Å². The maximum Gasteiger partial charge on any atom is 0.238 e. The van der Waals surface area contributed by atoms with E-state index in [0.29, 0.717) is 18.7 Å². The number of aryl methyl sites for hydroxylation is 1. The van der Waals surface area contributed by atoms with E-state index >= 15 is 0 Å². The number of anilines is 1. The molecule has 0 aliphatic carbocycles. The van der Waals surface area contributed by atoms with Crippen LogP contribution in [0.15, 0.2) is 18.3 Å². The molecule has 0 spiro atoms. The Balaban J connectivity index is 3.01. The standard InChI is InChI=1S/C15H23N3OS/c1-4-7-15(8-5-2,13(16)20)14(19)18-12-10-11(3)6-9-17-12/h6,9-10H,4-5,7-8H2,1-3H3,(H2,16,20)(H,17,18,19). The summed E-state index contributed by atoms with van der Waals surface area (Å²) in [5.41, 5.74) is 6.15. The summed E-state index contributed by atoms with van der Waals surface area (Å²) in [4.78, 5) is 17.1. The predicted molar refractivity (Wildman–Crippen MR) is 86.6 cm³/mol. The van der Waals surface area contributed by atoms with Crippen molar-refractivity contribution in [1.29, 1.82) is 0 Å². The van der Waals surface area contributed by atoms with Crippen molar-refractivity contribution in [2.45, 2.75) is 46.5 Å². The zero-order valence-electron chi connectivity index (χ0n) is 12.4. The van der Waals surface area contributed by atoms with Gasteiger partial charge in [-0.05, 0) is 37.5 Å². The number of hydrogen-bond acceptors (Lipinski definition) is 3. The molecular formula is C15H23N3OS. The van der Waals surface area contributed by atoms with Gasteiger partial charge in [-0.1, -0.05) is 38.9 Å². The quantitative estimate of drug-likeness (QED) is 0.758. The summed E-state index contributed by atoms with van der Waals surface area (Å²) in [5.74, 6) is 0.398. The zero-order valence-corrected chi connectivity index (χ0v) is 13.2. The lowest BCUT2D eigenvalue weighted by molar-refractivity contribution is -0.122. The number of carbonyl (C=O) groups is 1. The number of nitrogens with zero attached hydrogens (tertiary/aromatic N) is 1. The SMILES string of the molecule is CCCC(CCC)(C(=O)Nc1cc(C)ccn1)C(N)=S. The number of aromatic nitrogens is 1. The topological polar surface area (TPSA) is 68.0 Å². The normalized spacial score (nSPS) is 11.2. The highest BCUT2D eigenvalue weighted by Crippen LogP contribution is 2.32. The maximum atomic E-state index is 12.6. The summed E-state index contributed by atoms with van der Waals surface area (Å²) in [6, 6.07) is 3.72. The summed E-state index contributed by atoms with van der Waals surface area (Å²) in [6.07, 6.45) is 4.70. The summed E-state index contributed by atoms with van der Waals surface area (Å²) in [7, 11) is 0. The van der Waals surface area contributed by atoms with Crippen LogP contribution in [0.3, 0.4) is 0 Å². The molecule has 1 rings (SSSR count). The molecule has 3 N–H and O–H groups in total. The van der Waals surface area contributed by atoms with Gasteiger partial charge in [0, 0.05) is 6.20 Å². The van der Waals surface area contributed by atoms with Crippen LogP contribution in [0.5, 0.6) is 0 Å². The second-order valence-electron chi connectivity index (χ2n) is 5.12. The minimum atomic E-state index is -0.774. The maximum absolute atomic E-state index is 12.6. The first-order chi connectivity index (χ1) is 9.46. The molecule has 0 aromatic carbocycles. The second kappa shape index (κ2) is 7.33. The van der Waals surface area contributed by atoms with Crippen LogP contribution in [0, 0.1) is 12.3 Å². The van der Waals surface area contributed by atoms with Gasteiger partial charge < -0.3 is 11.1 Å². The van der Waals surface area contributed by atoms with Crippen molar-refractivity contribution >= 4 is 28.9 Å². The molecule has 0 saturated heterocycles. The van der Waals surface area contributed by atoms with Crippen molar-refractivity contribution < 1.29 is 4.79 Å². The third kappa shape index (κ3) is 3.76. The van der Waals surface area contributed by atoms with Crippen LogP contribution in [0.2, 0.25) is 0 Å². The van der Waals surface area contributed by atoms with E-state index in [2.05, 4.69) is 10.3 Å². The van der Waals surface area contributed by atoms with Crippen molar-refractivity contribution in [2.24, 2.45) is 11.1 Å². The fourth-order valence-corrected chi connectivity index (χ4v) is 2.70.